The number of anilines is 1. The van der Waals surface area contributed by atoms with Crippen molar-refractivity contribution in [2.75, 3.05) is 11.9 Å². The molecule has 1 N–H and O–H groups in total. The van der Waals surface area contributed by atoms with Gasteiger partial charge in [-0.25, -0.2) is 4.39 Å². The summed E-state index contributed by atoms with van der Waals surface area (Å²) in [5, 5.41) is 2.16. The van der Waals surface area contributed by atoms with E-state index in [0.717, 1.165) is 36.6 Å². The molecule has 2 aliphatic heterocycles. The van der Waals surface area contributed by atoms with Crippen molar-refractivity contribution < 1.29 is 23.6 Å². The highest BCUT2D eigenvalue weighted by atomic mass is 19.1. The zero-order valence-corrected chi connectivity index (χ0v) is 16.5. The summed E-state index contributed by atoms with van der Waals surface area (Å²) in [6.45, 7) is 2.14. The normalized spacial score (nSPS) is 27.1. The van der Waals surface area contributed by atoms with Gasteiger partial charge in [-0.1, -0.05) is 19.8 Å². The molecule has 3 atom stereocenters. The van der Waals surface area contributed by atoms with E-state index in [1.165, 1.54) is 6.07 Å². The molecule has 8 heteroatoms. The third kappa shape index (κ3) is 3.20. The summed E-state index contributed by atoms with van der Waals surface area (Å²) in [7, 11) is 1.82. The van der Waals surface area contributed by atoms with Gasteiger partial charge in [0.1, 0.15) is 11.9 Å². The van der Waals surface area contributed by atoms with Gasteiger partial charge < -0.3 is 4.90 Å². The average Bonchev–Trinajstić information content (AvgIpc) is 2.91. The van der Waals surface area contributed by atoms with Gasteiger partial charge in [0.05, 0.1) is 16.8 Å². The topological polar surface area (TPSA) is 86.8 Å². The van der Waals surface area contributed by atoms with E-state index in [-0.39, 0.29) is 35.7 Å². The molecule has 154 valence electrons. The number of nitrogens with zero attached hydrogens (tertiary/aromatic N) is 2. The molecule has 1 aliphatic carbocycles. The van der Waals surface area contributed by atoms with E-state index in [1.54, 1.807) is 0 Å². The first-order valence-corrected chi connectivity index (χ1v) is 10.1. The van der Waals surface area contributed by atoms with Crippen molar-refractivity contribution in [3.8, 4) is 0 Å². The second-order valence-corrected chi connectivity index (χ2v) is 8.24. The van der Waals surface area contributed by atoms with Crippen molar-refractivity contribution in [1.82, 2.24) is 10.2 Å². The quantitative estimate of drug-likeness (QED) is 0.785. The molecule has 1 saturated heterocycles. The molecule has 1 unspecified atom stereocenters. The fourth-order valence-corrected chi connectivity index (χ4v) is 4.80. The summed E-state index contributed by atoms with van der Waals surface area (Å²) in [5.41, 5.74) is 0.353. The van der Waals surface area contributed by atoms with Crippen molar-refractivity contribution in [2.24, 2.45) is 5.92 Å². The number of nitrogens with one attached hydrogen (secondary N) is 1. The maximum atomic E-state index is 14.9. The van der Waals surface area contributed by atoms with Crippen molar-refractivity contribution in [3.05, 3.63) is 29.1 Å². The molecular formula is C21H24FN3O4. The number of rotatable bonds is 3. The van der Waals surface area contributed by atoms with Gasteiger partial charge in [-0.15, -0.1) is 0 Å². The number of imide groups is 2. The Kier molecular flexibility index (Phi) is 4.88. The smallest absolute Gasteiger partial charge is 0.262 e. The number of carbonyl (C=O) groups excluding carboxylic acids is 4. The Hall–Kier alpha value is -2.77. The monoisotopic (exact) mass is 401 g/mol. The number of halogens is 1. The molecule has 0 radical (unpaired) electrons. The number of hydrogen-bond donors (Lipinski definition) is 1. The second kappa shape index (κ2) is 7.24. The van der Waals surface area contributed by atoms with Crippen molar-refractivity contribution in [1.29, 1.82) is 0 Å². The lowest BCUT2D eigenvalue weighted by molar-refractivity contribution is -0.136. The van der Waals surface area contributed by atoms with E-state index < -0.39 is 35.5 Å². The minimum Gasteiger partial charge on any atom is -0.369 e. The van der Waals surface area contributed by atoms with Gasteiger partial charge in [-0.3, -0.25) is 29.4 Å². The maximum absolute atomic E-state index is 14.9. The van der Waals surface area contributed by atoms with Gasteiger partial charge in [0, 0.05) is 19.5 Å². The lowest BCUT2D eigenvalue weighted by Gasteiger charge is -2.38. The van der Waals surface area contributed by atoms with E-state index >= 15 is 0 Å². The highest BCUT2D eigenvalue weighted by Gasteiger charge is 2.45. The fourth-order valence-electron chi connectivity index (χ4n) is 4.80. The van der Waals surface area contributed by atoms with Crippen LogP contribution in [-0.2, 0) is 9.59 Å². The van der Waals surface area contributed by atoms with Gasteiger partial charge >= 0.3 is 0 Å². The van der Waals surface area contributed by atoms with Gasteiger partial charge in [0.15, 0.2) is 0 Å². The molecular weight excluding hydrogens is 377 g/mol. The molecule has 0 bridgehead atoms. The minimum atomic E-state index is -1.05. The number of piperidine rings is 1. The molecule has 1 saturated carbocycles. The lowest BCUT2D eigenvalue weighted by Crippen LogP contribution is -2.54. The van der Waals surface area contributed by atoms with E-state index in [1.807, 2.05) is 11.9 Å². The van der Waals surface area contributed by atoms with Crippen LogP contribution >= 0.6 is 0 Å². The predicted octanol–water partition coefficient (Wildman–Crippen LogP) is 2.24. The number of amides is 4. The van der Waals surface area contributed by atoms with Crippen LogP contribution in [0.1, 0.15) is 66.2 Å². The minimum absolute atomic E-state index is 0.0361. The fraction of sp³-hybridized carbons (Fsp3) is 0.524. The summed E-state index contributed by atoms with van der Waals surface area (Å²) in [5.74, 6) is -2.58. The van der Waals surface area contributed by atoms with Crippen molar-refractivity contribution in [3.63, 3.8) is 0 Å². The van der Waals surface area contributed by atoms with Crippen LogP contribution in [0.15, 0.2) is 12.1 Å². The van der Waals surface area contributed by atoms with E-state index in [4.69, 9.17) is 0 Å². The Morgan fingerprint density at radius 2 is 1.69 bits per heavy atom. The lowest BCUT2D eigenvalue weighted by atomic mass is 9.85. The van der Waals surface area contributed by atoms with Crippen LogP contribution in [0.4, 0.5) is 10.1 Å². The summed E-state index contributed by atoms with van der Waals surface area (Å²) < 4.78 is 14.9. The average molecular weight is 401 g/mol. The summed E-state index contributed by atoms with van der Waals surface area (Å²) in [6.07, 6.45) is 4.38. The number of hydrogen-bond acceptors (Lipinski definition) is 5. The summed E-state index contributed by atoms with van der Waals surface area (Å²) in [6, 6.07) is 1.64. The maximum Gasteiger partial charge on any atom is 0.262 e. The van der Waals surface area contributed by atoms with Crippen LogP contribution in [0.2, 0.25) is 0 Å². The molecule has 4 rings (SSSR count). The number of carbonyl (C=O) groups is 4. The van der Waals surface area contributed by atoms with Gasteiger partial charge in [-0.05, 0) is 37.3 Å². The molecule has 1 aromatic carbocycles. The molecule has 3 aliphatic rings. The first kappa shape index (κ1) is 19.5. The first-order chi connectivity index (χ1) is 13.8. The highest BCUT2D eigenvalue weighted by Crippen LogP contribution is 2.36. The summed E-state index contributed by atoms with van der Waals surface area (Å²) >= 11 is 0. The molecule has 29 heavy (non-hydrogen) atoms. The van der Waals surface area contributed by atoms with Gasteiger partial charge in [0.2, 0.25) is 11.8 Å². The molecule has 4 amide bonds. The van der Waals surface area contributed by atoms with Crippen LogP contribution < -0.4 is 10.2 Å². The molecule has 2 fully saturated rings. The Morgan fingerprint density at radius 3 is 2.34 bits per heavy atom. The van der Waals surface area contributed by atoms with Crippen LogP contribution in [-0.4, -0.2) is 47.7 Å². The highest BCUT2D eigenvalue weighted by molar-refractivity contribution is 6.23. The van der Waals surface area contributed by atoms with Crippen molar-refractivity contribution in [2.45, 2.75) is 57.5 Å². The number of fused-ring (bicyclic) bond motifs is 1. The third-order valence-corrected chi connectivity index (χ3v) is 6.45. The molecule has 2 heterocycles. The first-order valence-electron chi connectivity index (χ1n) is 10.1. The Bertz CT molecular complexity index is 915. The molecule has 7 nitrogen and oxygen atoms in total. The summed E-state index contributed by atoms with van der Waals surface area (Å²) in [4.78, 5) is 52.0. The van der Waals surface area contributed by atoms with Crippen LogP contribution in [0.5, 0.6) is 0 Å². The van der Waals surface area contributed by atoms with Crippen LogP contribution in [0.25, 0.3) is 0 Å². The van der Waals surface area contributed by atoms with E-state index in [2.05, 4.69) is 12.2 Å². The van der Waals surface area contributed by atoms with Gasteiger partial charge in [-0.2, -0.15) is 0 Å². The van der Waals surface area contributed by atoms with Gasteiger partial charge in [0.25, 0.3) is 11.8 Å². The Labute approximate surface area is 168 Å². The van der Waals surface area contributed by atoms with Crippen LogP contribution in [0.3, 0.4) is 0 Å². The largest absolute Gasteiger partial charge is 0.369 e. The van der Waals surface area contributed by atoms with E-state index in [9.17, 15) is 23.6 Å². The SMILES string of the molecule is C[C@@H]1CCCC[C@@H]1N(C)c1cc2c(cc1F)C(=O)N(C1CCC(=O)NC1=O)C2=O. The Morgan fingerprint density at radius 1 is 1.03 bits per heavy atom. The molecule has 1 aromatic rings. The standard InChI is InChI=1S/C21H24FN3O4/c1-11-5-3-4-6-15(11)24(2)17-10-13-12(9-14(17)22)20(28)25(21(13)29)16-7-8-18(26)23-19(16)27/h9-11,15-16H,3-8H2,1-2H3,(H,23,26,27)/t11-,15+,16?/m1/s1. The predicted molar refractivity (Wildman–Crippen MR) is 103 cm³/mol. The molecule has 0 aromatic heterocycles. The van der Waals surface area contributed by atoms with Crippen LogP contribution in [0, 0.1) is 11.7 Å². The number of benzene rings is 1. The Balaban J connectivity index is 1.66. The third-order valence-electron chi connectivity index (χ3n) is 6.45. The second-order valence-electron chi connectivity index (χ2n) is 8.24. The van der Waals surface area contributed by atoms with Crippen molar-refractivity contribution >= 4 is 29.3 Å². The molecule has 0 spiro atoms. The zero-order valence-electron chi connectivity index (χ0n) is 16.5. The van der Waals surface area contributed by atoms with E-state index in [0.29, 0.717) is 5.92 Å². The zero-order chi connectivity index (χ0) is 20.9.